The maximum Gasteiger partial charge on any atom is 0 e. The molecule has 0 aromatic heterocycles. The first kappa shape index (κ1) is 18.2. The topological polar surface area (TPSA) is 0 Å². The molecule has 0 saturated carbocycles. The Kier molecular flexibility index (Phi) is 13.2. The minimum Gasteiger partial charge on any atom is -1.00 e. The van der Waals surface area contributed by atoms with Crippen LogP contribution in [0.1, 0.15) is 40.5 Å². The van der Waals surface area contributed by atoms with Gasteiger partial charge >= 0.3 is 0 Å². The predicted octanol–water partition coefficient (Wildman–Crippen LogP) is 0.284. The van der Waals surface area contributed by atoms with Crippen molar-refractivity contribution in [3.8, 4) is 0 Å². The molecule has 0 fully saturated rings. The van der Waals surface area contributed by atoms with Crippen LogP contribution in [0, 0.1) is 18.3 Å². The second kappa shape index (κ2) is 7.97. The normalized spacial score (nSPS) is 12.8. The van der Waals surface area contributed by atoms with Crippen LogP contribution in [0.4, 0.5) is 0 Å². The Bertz CT molecular complexity index is 76.1. The van der Waals surface area contributed by atoms with Gasteiger partial charge < -0.3 is 24.0 Å². The van der Waals surface area contributed by atoms with Gasteiger partial charge in [-0.1, -0.05) is 41.0 Å². The van der Waals surface area contributed by atoms with Crippen molar-refractivity contribution in [2.45, 2.75) is 40.5 Å². The Morgan fingerprint density at radius 1 is 1.27 bits per heavy atom. The third-order valence-electron chi connectivity index (χ3n) is 1.45. The summed E-state index contributed by atoms with van der Waals surface area (Å²) in [5.74, 6) is 0.782. The molecule has 65 valence electrons. The molecule has 0 aliphatic rings. The third-order valence-corrected chi connectivity index (χ3v) is 1.45. The second-order valence-electron chi connectivity index (χ2n) is 4.16. The number of hydrogen-bond acceptors (Lipinski definition) is 0. The fourth-order valence-corrected chi connectivity index (χ4v) is 1.15. The molecule has 0 aromatic carbocycles. The summed E-state index contributed by atoms with van der Waals surface area (Å²) in [6.45, 7) is 13.0. The SMILES string of the molecule is [CH2]CC(C)CC(C)(C)C.[I-].[Zn]. The Balaban J connectivity index is -0.000000320. The minimum absolute atomic E-state index is 0. The molecule has 1 atom stereocenters. The molecule has 0 aliphatic carbocycles. The molecule has 0 saturated heterocycles. The van der Waals surface area contributed by atoms with Crippen LogP contribution in [-0.4, -0.2) is 0 Å². The molecule has 0 aliphatic heterocycles. The van der Waals surface area contributed by atoms with Crippen LogP contribution in [0.2, 0.25) is 0 Å². The van der Waals surface area contributed by atoms with Crippen molar-refractivity contribution >= 4 is 0 Å². The smallest absolute Gasteiger partial charge is 0 e. The maximum atomic E-state index is 3.87. The van der Waals surface area contributed by atoms with E-state index >= 15 is 0 Å². The summed E-state index contributed by atoms with van der Waals surface area (Å²) in [5, 5.41) is 0. The average Bonchev–Trinajstić information content (AvgIpc) is 1.62. The van der Waals surface area contributed by atoms with E-state index in [4.69, 9.17) is 0 Å². The van der Waals surface area contributed by atoms with Gasteiger partial charge in [0.25, 0.3) is 0 Å². The molecule has 0 amide bonds. The van der Waals surface area contributed by atoms with E-state index in [0.717, 1.165) is 12.3 Å². The summed E-state index contributed by atoms with van der Waals surface area (Å²) >= 11 is 0. The van der Waals surface area contributed by atoms with Gasteiger partial charge in [0.1, 0.15) is 0 Å². The molecular weight excluding hydrogens is 300 g/mol. The first-order valence-corrected chi connectivity index (χ1v) is 3.75. The van der Waals surface area contributed by atoms with Gasteiger partial charge in [0, 0.05) is 19.5 Å². The third kappa shape index (κ3) is 14.2. The van der Waals surface area contributed by atoms with Crippen LogP contribution in [0.25, 0.3) is 0 Å². The van der Waals surface area contributed by atoms with E-state index in [1.165, 1.54) is 6.42 Å². The van der Waals surface area contributed by atoms with Crippen molar-refractivity contribution in [3.05, 3.63) is 6.92 Å². The van der Waals surface area contributed by atoms with E-state index in [0.29, 0.717) is 5.41 Å². The molecule has 0 spiro atoms. The molecule has 2 heteroatoms. The van der Waals surface area contributed by atoms with E-state index in [1.807, 2.05) is 0 Å². The van der Waals surface area contributed by atoms with Gasteiger partial charge in [0.15, 0.2) is 0 Å². The van der Waals surface area contributed by atoms with Crippen LogP contribution in [0.15, 0.2) is 0 Å². The monoisotopic (exact) mass is 318 g/mol. The summed E-state index contributed by atoms with van der Waals surface area (Å²) in [6, 6.07) is 0. The maximum absolute atomic E-state index is 3.87. The fraction of sp³-hybridized carbons (Fsp3) is 0.889. The first-order chi connectivity index (χ1) is 3.95. The van der Waals surface area contributed by atoms with Gasteiger partial charge in [-0.05, 0) is 17.8 Å². The minimum atomic E-state index is 0. The molecule has 0 bridgehead atoms. The van der Waals surface area contributed by atoms with Gasteiger partial charge in [-0.2, -0.15) is 0 Å². The standard InChI is InChI=1S/C9H19.HI.Zn/c1-6-8(2)7-9(3,4)5;;/h8H,1,6-7H2,2-5H3;1H;/p-1. The van der Waals surface area contributed by atoms with Crippen LogP contribution in [0.5, 0.6) is 0 Å². The molecular formula is C9H19IZn-. The van der Waals surface area contributed by atoms with Gasteiger partial charge in [-0.15, -0.1) is 0 Å². The van der Waals surface area contributed by atoms with Crippen molar-refractivity contribution in [2.75, 3.05) is 0 Å². The zero-order valence-corrected chi connectivity index (χ0v) is 13.4. The molecule has 1 unspecified atom stereocenters. The summed E-state index contributed by atoms with van der Waals surface area (Å²) in [5.41, 5.74) is 0.483. The van der Waals surface area contributed by atoms with Crippen LogP contribution in [-0.2, 0) is 19.5 Å². The average molecular weight is 320 g/mol. The molecule has 0 aromatic rings. The van der Waals surface area contributed by atoms with E-state index in [1.54, 1.807) is 0 Å². The largest absolute Gasteiger partial charge is 1.00 e. The van der Waals surface area contributed by atoms with Crippen LogP contribution in [0.3, 0.4) is 0 Å². The molecule has 0 nitrogen and oxygen atoms in total. The quantitative estimate of drug-likeness (QED) is 0.507. The van der Waals surface area contributed by atoms with Crippen LogP contribution < -0.4 is 24.0 Å². The molecule has 0 rings (SSSR count). The predicted molar refractivity (Wildman–Crippen MR) is 43.2 cm³/mol. The summed E-state index contributed by atoms with van der Waals surface area (Å²) in [4.78, 5) is 0. The number of rotatable bonds is 2. The second-order valence-corrected chi connectivity index (χ2v) is 4.16. The van der Waals surface area contributed by atoms with Crippen molar-refractivity contribution < 1.29 is 43.5 Å². The summed E-state index contributed by atoms with van der Waals surface area (Å²) in [7, 11) is 0. The number of hydrogen-bond donors (Lipinski definition) is 0. The zero-order chi connectivity index (χ0) is 7.49. The molecule has 1 radical (unpaired) electrons. The Hall–Kier alpha value is 1.35. The van der Waals surface area contributed by atoms with Crippen molar-refractivity contribution in [1.82, 2.24) is 0 Å². The Morgan fingerprint density at radius 3 is 1.73 bits per heavy atom. The Labute approximate surface area is 102 Å². The van der Waals surface area contributed by atoms with Crippen molar-refractivity contribution in [1.29, 1.82) is 0 Å². The van der Waals surface area contributed by atoms with Crippen molar-refractivity contribution in [2.24, 2.45) is 11.3 Å². The van der Waals surface area contributed by atoms with Gasteiger partial charge in [0.2, 0.25) is 0 Å². The van der Waals surface area contributed by atoms with Gasteiger partial charge in [-0.25, -0.2) is 0 Å². The molecule has 11 heavy (non-hydrogen) atoms. The fourth-order valence-electron chi connectivity index (χ4n) is 1.15. The molecule has 0 N–H and O–H groups in total. The first-order valence-electron chi connectivity index (χ1n) is 3.75. The van der Waals surface area contributed by atoms with E-state index in [2.05, 4.69) is 34.6 Å². The molecule has 0 heterocycles. The van der Waals surface area contributed by atoms with Gasteiger partial charge in [-0.3, -0.25) is 0 Å². The van der Waals surface area contributed by atoms with E-state index < -0.39 is 0 Å². The van der Waals surface area contributed by atoms with Crippen LogP contribution >= 0.6 is 0 Å². The van der Waals surface area contributed by atoms with E-state index in [9.17, 15) is 0 Å². The number of halogens is 1. The Morgan fingerprint density at radius 2 is 1.64 bits per heavy atom. The summed E-state index contributed by atoms with van der Waals surface area (Å²) < 4.78 is 0. The summed E-state index contributed by atoms with van der Waals surface area (Å²) in [6.07, 6.45) is 2.35. The zero-order valence-electron chi connectivity index (χ0n) is 8.28. The van der Waals surface area contributed by atoms with Gasteiger partial charge in [0.05, 0.1) is 0 Å². The van der Waals surface area contributed by atoms with Crippen molar-refractivity contribution in [3.63, 3.8) is 0 Å². The van der Waals surface area contributed by atoms with E-state index in [-0.39, 0.29) is 43.5 Å².